The van der Waals surface area contributed by atoms with E-state index in [0.29, 0.717) is 27.7 Å². The number of amides is 2. The third-order valence-electron chi connectivity index (χ3n) is 6.45. The molecule has 7 nitrogen and oxygen atoms in total. The van der Waals surface area contributed by atoms with Crippen LogP contribution in [0.4, 0.5) is 5.69 Å². The molecule has 1 aliphatic carbocycles. The summed E-state index contributed by atoms with van der Waals surface area (Å²) < 4.78 is 26.3. The summed E-state index contributed by atoms with van der Waals surface area (Å²) in [7, 11) is -3.78. The Morgan fingerprint density at radius 1 is 1.00 bits per heavy atom. The van der Waals surface area contributed by atoms with Crippen molar-refractivity contribution in [3.05, 3.63) is 64.1 Å². The Kier molecular flexibility index (Phi) is 10.0. The third-order valence-corrected chi connectivity index (χ3v) is 8.30. The van der Waals surface area contributed by atoms with Gasteiger partial charge in [-0.1, -0.05) is 73.7 Å². The maximum atomic E-state index is 13.8. The van der Waals surface area contributed by atoms with Gasteiger partial charge in [-0.05, 0) is 43.5 Å². The van der Waals surface area contributed by atoms with E-state index in [9.17, 15) is 18.0 Å². The van der Waals surface area contributed by atoms with Gasteiger partial charge in [0.25, 0.3) is 0 Å². The van der Waals surface area contributed by atoms with Crippen LogP contribution in [0, 0.1) is 0 Å². The van der Waals surface area contributed by atoms with Gasteiger partial charge in [-0.2, -0.15) is 0 Å². The number of benzene rings is 2. The number of carbonyl (C=O) groups is 2. The van der Waals surface area contributed by atoms with Gasteiger partial charge >= 0.3 is 0 Å². The van der Waals surface area contributed by atoms with Gasteiger partial charge in [0, 0.05) is 28.2 Å². The number of para-hydroxylation sites is 1. The van der Waals surface area contributed by atoms with E-state index in [1.807, 2.05) is 6.92 Å². The van der Waals surface area contributed by atoms with E-state index in [2.05, 4.69) is 5.32 Å². The molecule has 2 amide bonds. The maximum absolute atomic E-state index is 13.8. The summed E-state index contributed by atoms with van der Waals surface area (Å²) in [6, 6.07) is 12.7. The van der Waals surface area contributed by atoms with Crippen LogP contribution in [0.2, 0.25) is 10.0 Å². The number of rotatable bonds is 10. The molecule has 0 aliphatic heterocycles. The first-order valence-electron chi connectivity index (χ1n) is 12.2. The smallest absolute Gasteiger partial charge is 0.244 e. The first kappa shape index (κ1) is 28.3. The van der Waals surface area contributed by atoms with Gasteiger partial charge in [-0.15, -0.1) is 0 Å². The Morgan fingerprint density at radius 2 is 1.61 bits per heavy atom. The second kappa shape index (κ2) is 12.8. The van der Waals surface area contributed by atoms with Crippen molar-refractivity contribution in [2.45, 2.75) is 64.1 Å². The van der Waals surface area contributed by atoms with Crippen LogP contribution >= 0.6 is 23.2 Å². The summed E-state index contributed by atoms with van der Waals surface area (Å²) in [6.07, 6.45) is 6.47. The number of hydrogen-bond acceptors (Lipinski definition) is 4. The summed E-state index contributed by atoms with van der Waals surface area (Å²) >= 11 is 12.8. The summed E-state index contributed by atoms with van der Waals surface area (Å²) in [5, 5.41) is 3.84. The molecule has 1 atom stereocenters. The lowest BCUT2D eigenvalue weighted by Crippen LogP contribution is -2.54. The van der Waals surface area contributed by atoms with Crippen LogP contribution in [0.1, 0.15) is 51.0 Å². The van der Waals surface area contributed by atoms with Crippen molar-refractivity contribution in [2.75, 3.05) is 17.1 Å². The highest BCUT2D eigenvalue weighted by Gasteiger charge is 2.33. The van der Waals surface area contributed by atoms with Crippen molar-refractivity contribution >= 4 is 50.7 Å². The number of nitrogens with one attached hydrogen (secondary N) is 1. The predicted molar refractivity (Wildman–Crippen MR) is 145 cm³/mol. The second-order valence-electron chi connectivity index (χ2n) is 9.09. The minimum Gasteiger partial charge on any atom is -0.352 e. The Hall–Kier alpha value is -2.29. The quantitative estimate of drug-likeness (QED) is 0.447. The number of hydrogen-bond donors (Lipinski definition) is 1. The predicted octanol–water partition coefficient (Wildman–Crippen LogP) is 5.02. The molecule has 0 radical (unpaired) electrons. The van der Waals surface area contributed by atoms with Crippen molar-refractivity contribution in [3.8, 4) is 0 Å². The van der Waals surface area contributed by atoms with Crippen molar-refractivity contribution in [1.82, 2.24) is 10.2 Å². The molecule has 0 heterocycles. The van der Waals surface area contributed by atoms with Crippen LogP contribution in [0.25, 0.3) is 0 Å². The number of carbonyl (C=O) groups excluding carboxylic acids is 2. The van der Waals surface area contributed by atoms with E-state index in [1.54, 1.807) is 48.5 Å². The van der Waals surface area contributed by atoms with Gasteiger partial charge in [0.05, 0.1) is 11.9 Å². The van der Waals surface area contributed by atoms with Gasteiger partial charge < -0.3 is 10.2 Å². The Balaban J connectivity index is 1.94. The van der Waals surface area contributed by atoms with Crippen molar-refractivity contribution in [3.63, 3.8) is 0 Å². The third kappa shape index (κ3) is 7.37. The molecule has 10 heteroatoms. The van der Waals surface area contributed by atoms with Crippen LogP contribution in [-0.2, 0) is 26.2 Å². The molecule has 2 aromatic carbocycles. The summed E-state index contributed by atoms with van der Waals surface area (Å²) in [5.74, 6) is -0.780. The molecule has 1 saturated carbocycles. The van der Waals surface area contributed by atoms with Crippen LogP contribution in [0.3, 0.4) is 0 Å². The van der Waals surface area contributed by atoms with Gasteiger partial charge in [0.2, 0.25) is 21.8 Å². The van der Waals surface area contributed by atoms with E-state index < -0.39 is 28.5 Å². The highest BCUT2D eigenvalue weighted by Crippen LogP contribution is 2.28. The molecule has 0 spiro atoms. The van der Waals surface area contributed by atoms with Crippen LogP contribution in [0.5, 0.6) is 0 Å². The lowest BCUT2D eigenvalue weighted by molar-refractivity contribution is -0.140. The maximum Gasteiger partial charge on any atom is 0.244 e. The summed E-state index contributed by atoms with van der Waals surface area (Å²) in [6.45, 7) is 1.34. The van der Waals surface area contributed by atoms with Gasteiger partial charge in [0.1, 0.15) is 12.6 Å². The van der Waals surface area contributed by atoms with Gasteiger partial charge in [-0.25, -0.2) is 8.42 Å². The lowest BCUT2D eigenvalue weighted by Gasteiger charge is -2.34. The minimum absolute atomic E-state index is 0.0275. The zero-order chi connectivity index (χ0) is 26.3. The fourth-order valence-corrected chi connectivity index (χ4v) is 5.89. The first-order chi connectivity index (χ1) is 17.1. The van der Waals surface area contributed by atoms with Gasteiger partial charge in [-0.3, -0.25) is 13.9 Å². The normalized spacial score (nSPS) is 15.2. The lowest BCUT2D eigenvalue weighted by atomic mass is 9.95. The van der Waals surface area contributed by atoms with Crippen molar-refractivity contribution in [2.24, 2.45) is 0 Å². The molecule has 0 unspecified atom stereocenters. The average Bonchev–Trinajstić information content (AvgIpc) is 2.84. The molecule has 0 saturated heterocycles. The van der Waals surface area contributed by atoms with Crippen LogP contribution in [-0.4, -0.2) is 50.0 Å². The Morgan fingerprint density at radius 3 is 2.17 bits per heavy atom. The molecule has 196 valence electrons. The highest BCUT2D eigenvalue weighted by molar-refractivity contribution is 7.92. The average molecular weight is 555 g/mol. The number of nitrogens with zero attached hydrogens (tertiary/aromatic N) is 2. The molecule has 1 N–H and O–H groups in total. The fraction of sp³-hybridized carbons (Fsp3) is 0.462. The molecule has 1 aliphatic rings. The largest absolute Gasteiger partial charge is 0.352 e. The Bertz CT molecular complexity index is 1130. The summed E-state index contributed by atoms with van der Waals surface area (Å²) in [4.78, 5) is 28.5. The van der Waals surface area contributed by atoms with Crippen LogP contribution in [0.15, 0.2) is 48.5 Å². The standard InChI is InChI=1S/C26H33Cl2N3O4S/c1-3-24(26(33)29-19-11-6-4-7-12-19)30(17-21-22(27)15-10-16-23(21)28)25(32)18-31(36(2,34)35)20-13-8-5-9-14-20/h5,8-10,13-16,19,24H,3-4,6-7,11-12,17-18H2,1-2H3,(H,29,33)/t24-/m1/s1. The summed E-state index contributed by atoms with van der Waals surface area (Å²) in [5.41, 5.74) is 0.868. The molecular weight excluding hydrogens is 521 g/mol. The van der Waals surface area contributed by atoms with E-state index in [0.717, 1.165) is 42.7 Å². The second-order valence-corrected chi connectivity index (χ2v) is 11.8. The molecular formula is C26H33Cl2N3O4S. The van der Waals surface area contributed by atoms with Gasteiger partial charge in [0.15, 0.2) is 0 Å². The molecule has 36 heavy (non-hydrogen) atoms. The monoisotopic (exact) mass is 553 g/mol. The SMILES string of the molecule is CC[C@H](C(=O)NC1CCCCC1)N(Cc1c(Cl)cccc1Cl)C(=O)CN(c1ccccc1)S(C)(=O)=O. The number of anilines is 1. The van der Waals surface area contributed by atoms with E-state index in [1.165, 1.54) is 4.90 Å². The minimum atomic E-state index is -3.78. The van der Waals surface area contributed by atoms with E-state index >= 15 is 0 Å². The van der Waals surface area contributed by atoms with E-state index in [4.69, 9.17) is 23.2 Å². The first-order valence-corrected chi connectivity index (χ1v) is 14.8. The fourth-order valence-electron chi connectivity index (χ4n) is 4.53. The molecule has 2 aromatic rings. The molecule has 0 bridgehead atoms. The molecule has 0 aromatic heterocycles. The Labute approximate surface area is 223 Å². The zero-order valence-corrected chi connectivity index (χ0v) is 23.0. The van der Waals surface area contributed by atoms with Crippen molar-refractivity contribution in [1.29, 1.82) is 0 Å². The molecule has 1 fully saturated rings. The highest BCUT2D eigenvalue weighted by atomic mass is 35.5. The van der Waals surface area contributed by atoms with E-state index in [-0.39, 0.29) is 18.5 Å². The van der Waals surface area contributed by atoms with Crippen LogP contribution < -0.4 is 9.62 Å². The zero-order valence-electron chi connectivity index (χ0n) is 20.6. The topological polar surface area (TPSA) is 86.8 Å². The molecule has 3 rings (SSSR count). The number of sulfonamides is 1. The number of halogens is 2. The van der Waals surface area contributed by atoms with Crippen molar-refractivity contribution < 1.29 is 18.0 Å².